The Balaban J connectivity index is 0.000000499. The van der Waals surface area contributed by atoms with Crippen molar-refractivity contribution in [2.45, 2.75) is 55.4 Å². The number of hydrogen-bond donors (Lipinski definition) is 0. The Morgan fingerprint density at radius 1 is 0.226 bits per heavy atom. The van der Waals surface area contributed by atoms with Crippen LogP contribution in [0, 0.1) is 0 Å². The quantitative estimate of drug-likeness (QED) is 0.133. The van der Waals surface area contributed by atoms with E-state index in [4.69, 9.17) is 37.9 Å². The molecule has 416 valence electrons. The molecule has 20 heteroatoms. The smallest absolute Gasteiger partial charge is 0.872 e. The third-order valence-corrected chi connectivity index (χ3v) is 12.1. The first-order valence-corrected chi connectivity index (χ1v) is 27.5. The van der Waals surface area contributed by atoms with Gasteiger partial charge in [-0.25, -0.2) is 0 Å². The summed E-state index contributed by atoms with van der Waals surface area (Å²) in [5.41, 5.74) is 5.75. The Morgan fingerprint density at radius 3 is 0.429 bits per heavy atom. The van der Waals surface area contributed by atoms with Gasteiger partial charge in [0.25, 0.3) is 0 Å². The van der Waals surface area contributed by atoms with Crippen LogP contribution in [0.5, 0.6) is 46.0 Å². The van der Waals surface area contributed by atoms with Gasteiger partial charge in [-0.1, -0.05) is 189 Å². The molecule has 0 radical (unpaired) electrons. The van der Waals surface area contributed by atoms with Crippen molar-refractivity contribution in [3.05, 3.63) is 194 Å². The number of ether oxygens (including phenoxy) is 8. The monoisotopic (exact) mass is 1100 g/mol. The van der Waals surface area contributed by atoms with Crippen LogP contribution < -0.4 is 158 Å². The first kappa shape index (κ1) is 77.3. The van der Waals surface area contributed by atoms with Crippen molar-refractivity contribution in [3.8, 4) is 46.0 Å². The molecule has 0 unspecified atom stereocenters. The molecule has 0 amide bonds. The summed E-state index contributed by atoms with van der Waals surface area (Å²) in [6, 6.07) is 59.1. The minimum atomic E-state index is -0.828. The Labute approximate surface area is 548 Å². The van der Waals surface area contributed by atoms with E-state index in [9.17, 15) is 20.1 Å². The molecule has 12 nitrogen and oxygen atoms in total. The molecular weight excluding hydrogens is 1030 g/mol. The largest absolute Gasteiger partial charge is 1.00 e. The van der Waals surface area contributed by atoms with Crippen LogP contribution >= 0.6 is 0 Å². The van der Waals surface area contributed by atoms with E-state index in [2.05, 4.69) is 0 Å². The molecule has 0 spiro atoms. The van der Waals surface area contributed by atoms with Crippen molar-refractivity contribution < 1.29 is 133 Å². The number of para-hydroxylation sites is 8. The molecule has 12 rings (SSSR count). The van der Waals surface area contributed by atoms with Crippen molar-refractivity contribution in [1.29, 1.82) is 0 Å². The van der Waals surface area contributed by atoms with E-state index in [1.165, 1.54) is 0 Å². The maximum absolute atomic E-state index is 12.1. The predicted molar refractivity (Wildman–Crippen MR) is 321 cm³/mol. The van der Waals surface area contributed by atoms with Crippen LogP contribution in [0.25, 0.3) is 0 Å². The summed E-state index contributed by atoms with van der Waals surface area (Å²) in [5.74, 6) is 5.42. The van der Waals surface area contributed by atoms with E-state index >= 15 is 0 Å². The van der Waals surface area contributed by atoms with E-state index < -0.39 is 27.7 Å². The molecular formula is C64H72B4Li4O12. The van der Waals surface area contributed by atoms with Gasteiger partial charge in [-0.3, -0.25) is 0 Å². The topological polar surface area (TPSA) is 166 Å². The van der Waals surface area contributed by atoms with Gasteiger partial charge in [-0.15, -0.1) is 0 Å². The molecule has 0 atom stereocenters. The average Bonchev–Trinajstić information content (AvgIpc) is 3.68. The van der Waals surface area contributed by atoms with Crippen LogP contribution in [0.15, 0.2) is 194 Å². The Hall–Kier alpha value is -4.71. The second-order valence-corrected chi connectivity index (χ2v) is 17.4. The Kier molecular flexibility index (Phi) is 40.3. The second kappa shape index (κ2) is 43.8. The standard InChI is InChI=1S/4C12H8BO2.4C4H10O.4Li/c4*14-13-9-5-1-3-7-11(9)15-12-8-4-2-6-10(12)13;4*1-3-5-4-2;;;;/h4*1-8H;4*3-4H2,1-2H3;;;;/q4*-1;;;;;4*+1. The average molecular weight is 1100 g/mol. The van der Waals surface area contributed by atoms with Gasteiger partial charge in [0.15, 0.2) is 0 Å². The summed E-state index contributed by atoms with van der Waals surface area (Å²) >= 11 is 0. The van der Waals surface area contributed by atoms with Crippen LogP contribution in [0.1, 0.15) is 55.4 Å². The molecule has 8 aromatic rings. The van der Waals surface area contributed by atoms with Gasteiger partial charge >= 0.3 is 75.4 Å². The van der Waals surface area contributed by atoms with Crippen LogP contribution in [0.4, 0.5) is 0 Å². The summed E-state index contributed by atoms with van der Waals surface area (Å²) in [5, 5.41) is 48.4. The Morgan fingerprint density at radius 2 is 0.333 bits per heavy atom. The van der Waals surface area contributed by atoms with Crippen molar-refractivity contribution in [2.75, 3.05) is 52.9 Å². The maximum Gasteiger partial charge on any atom is 1.00 e. The van der Waals surface area contributed by atoms with Gasteiger partial charge < -0.3 is 58.0 Å². The van der Waals surface area contributed by atoms with E-state index in [0.29, 0.717) is 46.0 Å². The van der Waals surface area contributed by atoms with Gasteiger partial charge in [-0.2, -0.15) is 0 Å². The molecule has 84 heavy (non-hydrogen) atoms. The summed E-state index contributed by atoms with van der Waals surface area (Å²) in [4.78, 5) is 0. The van der Waals surface area contributed by atoms with Gasteiger partial charge in [0, 0.05) is 52.9 Å². The summed E-state index contributed by atoms with van der Waals surface area (Å²) in [6.07, 6.45) is 0. The third kappa shape index (κ3) is 23.2. The summed E-state index contributed by atoms with van der Waals surface area (Å²) in [6.45, 7) is 19.4. The molecule has 0 aliphatic carbocycles. The van der Waals surface area contributed by atoms with E-state index in [0.717, 1.165) is 96.6 Å². The Bertz CT molecular complexity index is 2460. The van der Waals surface area contributed by atoms with Gasteiger partial charge in [0.1, 0.15) is 73.7 Å². The molecule has 4 heterocycles. The maximum atomic E-state index is 12.1. The fraction of sp³-hybridized carbons (Fsp3) is 0.250. The van der Waals surface area contributed by atoms with Gasteiger partial charge in [0.05, 0.1) is 0 Å². The summed E-state index contributed by atoms with van der Waals surface area (Å²) < 4.78 is 41.9. The zero-order valence-electron chi connectivity index (χ0n) is 51.3. The van der Waals surface area contributed by atoms with Crippen molar-refractivity contribution in [3.63, 3.8) is 0 Å². The van der Waals surface area contributed by atoms with Crippen molar-refractivity contribution in [2.24, 2.45) is 0 Å². The molecule has 0 N–H and O–H groups in total. The fourth-order valence-electron chi connectivity index (χ4n) is 8.28. The van der Waals surface area contributed by atoms with E-state index in [1.54, 1.807) is 0 Å². The summed E-state index contributed by atoms with van der Waals surface area (Å²) in [7, 11) is 0. The van der Waals surface area contributed by atoms with Gasteiger partial charge in [0.2, 0.25) is 0 Å². The zero-order chi connectivity index (χ0) is 57.5. The number of fused-ring (bicyclic) bond motifs is 8. The fourth-order valence-corrected chi connectivity index (χ4v) is 8.28. The molecule has 0 bridgehead atoms. The van der Waals surface area contributed by atoms with Crippen molar-refractivity contribution >= 4 is 71.4 Å². The van der Waals surface area contributed by atoms with E-state index in [1.807, 2.05) is 250 Å². The SMILES string of the molecule is CCOCC.CCOCC.CCOCC.CCOCC.[Li+].[Li+].[Li+].[Li+].[O-]B1c2ccccc2Oc2ccccc21.[O-]B1c2ccccc2Oc2ccccc21.[O-]B1c2ccccc2Oc2ccccc21.[O-]B1c2ccccc2Oc2ccccc21. The first-order chi connectivity index (χ1) is 39.1. The minimum absolute atomic E-state index is 0. The van der Waals surface area contributed by atoms with Crippen LogP contribution in [0.2, 0.25) is 0 Å². The normalized spacial score (nSPS) is 11.1. The molecule has 4 aliphatic heterocycles. The molecule has 8 aromatic carbocycles. The van der Waals surface area contributed by atoms with Crippen LogP contribution in [-0.4, -0.2) is 80.5 Å². The van der Waals surface area contributed by atoms with Crippen LogP contribution in [0.3, 0.4) is 0 Å². The zero-order valence-corrected chi connectivity index (χ0v) is 51.3. The predicted octanol–water partition coefficient (Wildman–Crippen LogP) is -6.78. The van der Waals surface area contributed by atoms with Crippen molar-refractivity contribution in [1.82, 2.24) is 0 Å². The van der Waals surface area contributed by atoms with Gasteiger partial charge in [-0.05, 0) is 104 Å². The van der Waals surface area contributed by atoms with E-state index in [-0.39, 0.29) is 75.4 Å². The minimum Gasteiger partial charge on any atom is -0.872 e. The first-order valence-electron chi connectivity index (χ1n) is 27.5. The molecule has 0 fully saturated rings. The number of benzene rings is 8. The second-order valence-electron chi connectivity index (χ2n) is 17.4. The third-order valence-electron chi connectivity index (χ3n) is 12.1. The molecule has 0 saturated heterocycles. The number of rotatable bonds is 8. The van der Waals surface area contributed by atoms with Crippen LogP contribution in [-0.2, 0) is 18.9 Å². The molecule has 4 aliphatic rings. The molecule has 0 saturated carbocycles. The molecule has 0 aromatic heterocycles. The number of hydrogen-bond acceptors (Lipinski definition) is 12.